The molecule has 4 N–H and O–H groups in total. The number of primary amides is 1. The summed E-state index contributed by atoms with van der Waals surface area (Å²) in [6.07, 6.45) is 0. The maximum absolute atomic E-state index is 12.0. The van der Waals surface area contributed by atoms with Gasteiger partial charge in [0.2, 0.25) is 5.91 Å². The molecule has 0 saturated carbocycles. The maximum atomic E-state index is 12.0. The second kappa shape index (κ2) is 5.96. The Morgan fingerprint density at radius 2 is 1.71 bits per heavy atom. The Morgan fingerprint density at radius 1 is 1.10 bits per heavy atom. The van der Waals surface area contributed by atoms with Crippen molar-refractivity contribution in [2.24, 2.45) is 5.73 Å². The van der Waals surface area contributed by atoms with Crippen LogP contribution in [0, 0.1) is 0 Å². The van der Waals surface area contributed by atoms with Gasteiger partial charge in [0, 0.05) is 16.8 Å². The summed E-state index contributed by atoms with van der Waals surface area (Å²) in [7, 11) is 1.43. The highest BCUT2D eigenvalue weighted by Crippen LogP contribution is 2.26. The number of nitrogens with two attached hydrogens (primary N) is 1. The van der Waals surface area contributed by atoms with Crippen LogP contribution in [0.5, 0.6) is 11.5 Å². The summed E-state index contributed by atoms with van der Waals surface area (Å²) in [6, 6.07) is 10.5. The average Bonchev–Trinajstić information content (AvgIpc) is 2.47. The van der Waals surface area contributed by atoms with Crippen molar-refractivity contribution in [2.45, 2.75) is 0 Å². The minimum Gasteiger partial charge on any atom is -0.504 e. The number of carbonyl (C=O) groups excluding carboxylic acids is 2. The fourth-order valence-corrected chi connectivity index (χ4v) is 1.75. The third-order valence-electron chi connectivity index (χ3n) is 2.87. The van der Waals surface area contributed by atoms with Crippen LogP contribution in [0.2, 0.25) is 0 Å². The Balaban J connectivity index is 2.14. The van der Waals surface area contributed by atoms with Gasteiger partial charge in [-0.05, 0) is 42.5 Å². The molecular weight excluding hydrogens is 272 g/mol. The SMILES string of the molecule is COc1ccc(C(=O)Nc2ccc(C(N)=O)cc2)cc1O. The Bertz CT molecular complexity index is 681. The third-order valence-corrected chi connectivity index (χ3v) is 2.87. The van der Waals surface area contributed by atoms with Crippen molar-refractivity contribution in [3.63, 3.8) is 0 Å². The largest absolute Gasteiger partial charge is 0.504 e. The number of anilines is 1. The summed E-state index contributed by atoms with van der Waals surface area (Å²) in [5.41, 5.74) is 6.29. The molecule has 0 spiro atoms. The van der Waals surface area contributed by atoms with Gasteiger partial charge in [-0.2, -0.15) is 0 Å². The minimum atomic E-state index is -0.534. The number of hydrogen-bond donors (Lipinski definition) is 3. The zero-order chi connectivity index (χ0) is 15.4. The van der Waals surface area contributed by atoms with Crippen LogP contribution < -0.4 is 15.8 Å². The minimum absolute atomic E-state index is 0.116. The Kier molecular flexibility index (Phi) is 4.08. The van der Waals surface area contributed by atoms with Gasteiger partial charge in [-0.15, -0.1) is 0 Å². The number of benzene rings is 2. The van der Waals surface area contributed by atoms with Crippen molar-refractivity contribution in [1.29, 1.82) is 0 Å². The van der Waals surface area contributed by atoms with Crippen molar-refractivity contribution in [2.75, 3.05) is 12.4 Å². The number of hydrogen-bond acceptors (Lipinski definition) is 4. The topological polar surface area (TPSA) is 102 Å². The molecule has 2 aromatic rings. The molecule has 2 aromatic carbocycles. The van der Waals surface area contributed by atoms with Gasteiger partial charge in [-0.1, -0.05) is 0 Å². The van der Waals surface area contributed by atoms with Gasteiger partial charge in [-0.25, -0.2) is 0 Å². The van der Waals surface area contributed by atoms with Crippen molar-refractivity contribution in [3.05, 3.63) is 53.6 Å². The van der Waals surface area contributed by atoms with E-state index in [2.05, 4.69) is 5.32 Å². The first kappa shape index (κ1) is 14.4. The van der Waals surface area contributed by atoms with Crippen LogP contribution in [0.3, 0.4) is 0 Å². The van der Waals surface area contributed by atoms with Gasteiger partial charge < -0.3 is 20.9 Å². The van der Waals surface area contributed by atoms with E-state index in [1.54, 1.807) is 12.1 Å². The highest BCUT2D eigenvalue weighted by atomic mass is 16.5. The summed E-state index contributed by atoms with van der Waals surface area (Å²) >= 11 is 0. The number of amides is 2. The number of carbonyl (C=O) groups is 2. The van der Waals surface area contributed by atoms with Crippen LogP contribution in [0.15, 0.2) is 42.5 Å². The standard InChI is InChI=1S/C15H14N2O4/c1-21-13-7-4-10(8-12(13)18)15(20)17-11-5-2-9(3-6-11)14(16)19/h2-8,18H,1H3,(H2,16,19)(H,17,20). The van der Waals surface area contributed by atoms with Crippen LogP contribution in [-0.4, -0.2) is 24.0 Å². The molecule has 0 unspecified atom stereocenters. The number of aromatic hydroxyl groups is 1. The van der Waals surface area contributed by atoms with Crippen LogP contribution in [0.1, 0.15) is 20.7 Å². The Labute approximate surface area is 121 Å². The predicted molar refractivity (Wildman–Crippen MR) is 77.6 cm³/mol. The maximum Gasteiger partial charge on any atom is 0.255 e. The van der Waals surface area contributed by atoms with Crippen LogP contribution >= 0.6 is 0 Å². The molecule has 0 aromatic heterocycles. The summed E-state index contributed by atoms with van der Waals surface area (Å²) in [4.78, 5) is 23.0. The first-order valence-corrected chi connectivity index (χ1v) is 6.09. The molecule has 21 heavy (non-hydrogen) atoms. The predicted octanol–water partition coefficient (Wildman–Crippen LogP) is 1.75. The highest BCUT2D eigenvalue weighted by molar-refractivity contribution is 6.05. The molecule has 6 nitrogen and oxygen atoms in total. The molecule has 0 radical (unpaired) electrons. The van der Waals surface area contributed by atoms with Gasteiger partial charge >= 0.3 is 0 Å². The molecule has 0 heterocycles. The average molecular weight is 286 g/mol. The Hall–Kier alpha value is -3.02. The lowest BCUT2D eigenvalue weighted by molar-refractivity contribution is 0.0998. The number of nitrogens with one attached hydrogen (secondary N) is 1. The van der Waals surface area contributed by atoms with Crippen molar-refractivity contribution < 1.29 is 19.4 Å². The fraction of sp³-hybridized carbons (Fsp3) is 0.0667. The summed E-state index contributed by atoms with van der Waals surface area (Å²) in [5, 5.41) is 12.3. The van der Waals surface area contributed by atoms with E-state index < -0.39 is 5.91 Å². The lowest BCUT2D eigenvalue weighted by Crippen LogP contribution is -2.13. The van der Waals surface area contributed by atoms with E-state index >= 15 is 0 Å². The molecule has 0 fully saturated rings. The molecule has 0 aliphatic heterocycles. The van der Waals surface area contributed by atoms with E-state index in [9.17, 15) is 14.7 Å². The van der Waals surface area contributed by atoms with E-state index in [1.807, 2.05) is 0 Å². The van der Waals surface area contributed by atoms with Gasteiger partial charge in [-0.3, -0.25) is 9.59 Å². The quantitative estimate of drug-likeness (QED) is 0.796. The molecule has 0 saturated heterocycles. The van der Waals surface area contributed by atoms with Crippen molar-refractivity contribution in [1.82, 2.24) is 0 Å². The molecule has 108 valence electrons. The second-order valence-corrected chi connectivity index (χ2v) is 4.28. The Morgan fingerprint density at radius 3 is 2.24 bits per heavy atom. The van der Waals surface area contributed by atoms with E-state index in [4.69, 9.17) is 10.5 Å². The number of methoxy groups -OCH3 is 1. The van der Waals surface area contributed by atoms with Gasteiger partial charge in [0.25, 0.3) is 5.91 Å². The molecule has 2 amide bonds. The van der Waals surface area contributed by atoms with E-state index in [0.29, 0.717) is 11.3 Å². The lowest BCUT2D eigenvalue weighted by Gasteiger charge is -2.08. The van der Waals surface area contributed by atoms with Gasteiger partial charge in [0.05, 0.1) is 7.11 Å². The van der Waals surface area contributed by atoms with Crippen LogP contribution in [0.4, 0.5) is 5.69 Å². The molecule has 0 atom stereocenters. The molecule has 6 heteroatoms. The molecular formula is C15H14N2O4. The first-order chi connectivity index (χ1) is 10.0. The zero-order valence-electron chi connectivity index (χ0n) is 11.3. The second-order valence-electron chi connectivity index (χ2n) is 4.28. The van der Waals surface area contributed by atoms with Crippen LogP contribution in [0.25, 0.3) is 0 Å². The van der Waals surface area contributed by atoms with E-state index in [-0.39, 0.29) is 23.0 Å². The number of rotatable bonds is 4. The lowest BCUT2D eigenvalue weighted by atomic mass is 10.1. The smallest absolute Gasteiger partial charge is 0.255 e. The molecule has 2 rings (SSSR count). The summed E-state index contributed by atoms with van der Waals surface area (Å²) in [5.74, 6) is -0.751. The third kappa shape index (κ3) is 3.30. The van der Waals surface area contributed by atoms with E-state index in [1.165, 1.54) is 37.4 Å². The monoisotopic (exact) mass is 286 g/mol. The van der Waals surface area contributed by atoms with E-state index in [0.717, 1.165) is 0 Å². The first-order valence-electron chi connectivity index (χ1n) is 6.09. The van der Waals surface area contributed by atoms with Crippen molar-refractivity contribution >= 4 is 17.5 Å². The van der Waals surface area contributed by atoms with Gasteiger partial charge in [0.15, 0.2) is 11.5 Å². The summed E-state index contributed by atoms with van der Waals surface area (Å²) < 4.78 is 4.91. The van der Waals surface area contributed by atoms with Gasteiger partial charge in [0.1, 0.15) is 0 Å². The molecule has 0 aliphatic rings. The number of phenols is 1. The molecule has 0 aliphatic carbocycles. The highest BCUT2D eigenvalue weighted by Gasteiger charge is 2.10. The zero-order valence-corrected chi connectivity index (χ0v) is 11.3. The van der Waals surface area contributed by atoms with Crippen molar-refractivity contribution in [3.8, 4) is 11.5 Å². The molecule has 0 bridgehead atoms. The number of ether oxygens (including phenoxy) is 1. The summed E-state index contributed by atoms with van der Waals surface area (Å²) in [6.45, 7) is 0. The van der Waals surface area contributed by atoms with Crippen LogP contribution in [-0.2, 0) is 0 Å². The number of phenolic OH excluding ortho intramolecular Hbond substituents is 1. The normalized spacial score (nSPS) is 9.95. The fourth-order valence-electron chi connectivity index (χ4n) is 1.75.